The van der Waals surface area contributed by atoms with E-state index in [4.69, 9.17) is 5.73 Å². The molecule has 10 nitrogen and oxygen atoms in total. The maximum atomic E-state index is 13.4. The number of hydrogen-bond acceptors (Lipinski definition) is 7. The maximum absolute atomic E-state index is 13.4. The lowest BCUT2D eigenvalue weighted by atomic mass is 9.88. The number of carbonyl (C=O) groups excluding carboxylic acids is 6. The summed E-state index contributed by atoms with van der Waals surface area (Å²) in [6, 6.07) is 15.9. The molecule has 0 bridgehead atoms. The molecule has 10 heteroatoms. The quantitative estimate of drug-likeness (QED) is 0.167. The molecule has 4 atom stereocenters. The van der Waals surface area contributed by atoms with E-state index in [1.54, 1.807) is 31.5 Å². The van der Waals surface area contributed by atoms with Gasteiger partial charge in [-0.1, -0.05) is 82.6 Å². The summed E-state index contributed by atoms with van der Waals surface area (Å²) < 4.78 is 0. The number of ketones is 3. The number of nitrogens with two attached hydrogens (primary N) is 1. The molecule has 0 radical (unpaired) electrons. The first kappa shape index (κ1) is 36.7. The van der Waals surface area contributed by atoms with Crippen LogP contribution in [0.3, 0.4) is 0 Å². The molecule has 0 aliphatic carbocycles. The van der Waals surface area contributed by atoms with E-state index in [0.717, 1.165) is 21.9 Å². The maximum Gasteiger partial charge on any atom is 0.289 e. The fourth-order valence-electron chi connectivity index (χ4n) is 5.58. The van der Waals surface area contributed by atoms with Gasteiger partial charge in [-0.25, -0.2) is 0 Å². The predicted octanol–water partition coefficient (Wildman–Crippen LogP) is 3.92. The van der Waals surface area contributed by atoms with Crippen molar-refractivity contribution in [1.82, 2.24) is 15.6 Å². The lowest BCUT2D eigenvalue weighted by Crippen LogP contribution is -2.52. The Kier molecular flexibility index (Phi) is 13.9. The van der Waals surface area contributed by atoms with Crippen LogP contribution in [-0.4, -0.2) is 52.6 Å². The van der Waals surface area contributed by atoms with Crippen LogP contribution < -0.4 is 16.4 Å². The van der Waals surface area contributed by atoms with Crippen molar-refractivity contribution in [3.05, 3.63) is 78.1 Å². The zero-order chi connectivity index (χ0) is 34.5. The van der Waals surface area contributed by atoms with Gasteiger partial charge >= 0.3 is 0 Å². The van der Waals surface area contributed by atoms with Gasteiger partial charge in [-0.2, -0.15) is 0 Å². The minimum absolute atomic E-state index is 0.0126. The molecule has 47 heavy (non-hydrogen) atoms. The summed E-state index contributed by atoms with van der Waals surface area (Å²) in [7, 11) is 0. The van der Waals surface area contributed by atoms with Gasteiger partial charge in [0.25, 0.3) is 5.91 Å². The van der Waals surface area contributed by atoms with Gasteiger partial charge in [0.2, 0.25) is 17.6 Å². The molecule has 4 N–H and O–H groups in total. The van der Waals surface area contributed by atoms with Crippen LogP contribution in [0.15, 0.2) is 67.0 Å². The van der Waals surface area contributed by atoms with E-state index in [1.807, 2.05) is 63.2 Å². The third-order valence-corrected chi connectivity index (χ3v) is 8.36. The summed E-state index contributed by atoms with van der Waals surface area (Å²) in [5.74, 6) is -5.34. The van der Waals surface area contributed by atoms with E-state index in [-0.39, 0.29) is 43.3 Å². The van der Waals surface area contributed by atoms with Crippen LogP contribution in [0.2, 0.25) is 0 Å². The van der Waals surface area contributed by atoms with Crippen LogP contribution in [0.1, 0.15) is 64.5 Å². The average molecular weight is 643 g/mol. The molecule has 1 heterocycles. The molecule has 0 aliphatic rings. The van der Waals surface area contributed by atoms with E-state index < -0.39 is 53.7 Å². The minimum Gasteiger partial charge on any atom is -0.369 e. The Balaban J connectivity index is 1.60. The first-order valence-corrected chi connectivity index (χ1v) is 16.2. The van der Waals surface area contributed by atoms with Crippen LogP contribution >= 0.6 is 0 Å². The molecule has 250 valence electrons. The number of carbonyl (C=O) groups is 6. The smallest absolute Gasteiger partial charge is 0.289 e. The van der Waals surface area contributed by atoms with E-state index in [2.05, 4.69) is 15.6 Å². The van der Waals surface area contributed by atoms with Crippen molar-refractivity contribution in [2.75, 3.05) is 6.54 Å². The third-order valence-electron chi connectivity index (χ3n) is 8.36. The Hall–Kier alpha value is -4.73. The van der Waals surface area contributed by atoms with E-state index in [9.17, 15) is 28.8 Å². The summed E-state index contributed by atoms with van der Waals surface area (Å²) in [4.78, 5) is 81.6. The van der Waals surface area contributed by atoms with Gasteiger partial charge in [0, 0.05) is 43.5 Å². The van der Waals surface area contributed by atoms with Gasteiger partial charge in [0.15, 0.2) is 5.78 Å². The number of aromatic nitrogens is 1. The highest BCUT2D eigenvalue weighted by Gasteiger charge is 2.34. The number of fused-ring (bicyclic) bond motifs is 1. The summed E-state index contributed by atoms with van der Waals surface area (Å²) in [5, 5.41) is 7.15. The molecule has 0 spiro atoms. The van der Waals surface area contributed by atoms with Crippen molar-refractivity contribution >= 4 is 45.8 Å². The number of nitrogens with zero attached hydrogens (tertiary/aromatic N) is 1. The highest BCUT2D eigenvalue weighted by Crippen LogP contribution is 2.21. The Morgan fingerprint density at radius 1 is 0.830 bits per heavy atom. The molecule has 0 saturated heterocycles. The molecule has 0 fully saturated rings. The van der Waals surface area contributed by atoms with Crippen LogP contribution in [0.4, 0.5) is 0 Å². The van der Waals surface area contributed by atoms with Gasteiger partial charge in [-0.15, -0.1) is 0 Å². The number of rotatable bonds is 19. The number of benzene rings is 2. The lowest BCUT2D eigenvalue weighted by molar-refractivity contribution is -0.142. The zero-order valence-corrected chi connectivity index (χ0v) is 27.7. The van der Waals surface area contributed by atoms with Crippen molar-refractivity contribution < 1.29 is 28.8 Å². The highest BCUT2D eigenvalue weighted by atomic mass is 16.2. The van der Waals surface area contributed by atoms with Gasteiger partial charge in [0.05, 0.1) is 12.6 Å². The summed E-state index contributed by atoms with van der Waals surface area (Å²) in [5.41, 5.74) is 7.21. The first-order chi connectivity index (χ1) is 22.4. The van der Waals surface area contributed by atoms with Gasteiger partial charge in [-0.3, -0.25) is 33.8 Å². The Morgan fingerprint density at radius 3 is 2.17 bits per heavy atom. The second-order valence-electron chi connectivity index (χ2n) is 12.8. The zero-order valence-electron chi connectivity index (χ0n) is 27.7. The molecular formula is C37H46N4O6. The van der Waals surface area contributed by atoms with E-state index >= 15 is 0 Å². The number of pyridine rings is 1. The minimum atomic E-state index is -1.14. The summed E-state index contributed by atoms with van der Waals surface area (Å²) in [6.07, 6.45) is 4.32. The topological polar surface area (TPSA) is 165 Å². The Labute approximate surface area is 276 Å². The Morgan fingerprint density at radius 2 is 1.53 bits per heavy atom. The van der Waals surface area contributed by atoms with Crippen molar-refractivity contribution in [2.45, 2.75) is 72.3 Å². The predicted molar refractivity (Wildman–Crippen MR) is 180 cm³/mol. The monoisotopic (exact) mass is 642 g/mol. The molecule has 0 aliphatic heterocycles. The SMILES string of the molecule is CCC(C)C(NC(=O)C(CC(=O)Cc1cccnc1)CC(C)C)C(=O)C(=O)NCC(=O)CC(Cc1ccc2ccccc2c1)C(N)=O. The van der Waals surface area contributed by atoms with Crippen LogP contribution in [0.25, 0.3) is 10.8 Å². The van der Waals surface area contributed by atoms with Crippen molar-refractivity contribution in [3.63, 3.8) is 0 Å². The highest BCUT2D eigenvalue weighted by molar-refractivity contribution is 6.38. The fourth-order valence-corrected chi connectivity index (χ4v) is 5.58. The number of nitrogens with one attached hydrogen (secondary N) is 2. The largest absolute Gasteiger partial charge is 0.369 e. The van der Waals surface area contributed by atoms with Crippen LogP contribution in [-0.2, 0) is 41.6 Å². The van der Waals surface area contributed by atoms with E-state index in [0.29, 0.717) is 12.8 Å². The van der Waals surface area contributed by atoms with Gasteiger partial charge in [0.1, 0.15) is 5.78 Å². The summed E-state index contributed by atoms with van der Waals surface area (Å²) >= 11 is 0. The van der Waals surface area contributed by atoms with Crippen LogP contribution in [0.5, 0.6) is 0 Å². The molecule has 3 amide bonds. The fraction of sp³-hybridized carbons (Fsp3) is 0.432. The van der Waals surface area contributed by atoms with Gasteiger partial charge < -0.3 is 16.4 Å². The normalized spacial score (nSPS) is 13.7. The summed E-state index contributed by atoms with van der Waals surface area (Å²) in [6.45, 7) is 7.00. The second kappa shape index (κ2) is 17.8. The molecule has 3 aromatic rings. The van der Waals surface area contributed by atoms with Crippen molar-refractivity contribution in [2.24, 2.45) is 29.4 Å². The van der Waals surface area contributed by atoms with Gasteiger partial charge in [-0.05, 0) is 52.6 Å². The van der Waals surface area contributed by atoms with Crippen molar-refractivity contribution in [3.8, 4) is 0 Å². The standard InChI is InChI=1S/C37H46N4O6/c1-5-24(4)33(41-36(46)30(15-23(2)3)20-31(42)18-26-9-8-14-39-21-26)34(44)37(47)40-22-32(43)19-29(35(38)45)17-25-12-13-27-10-6-7-11-28(27)16-25/h6-14,16,21,23-24,29-30,33H,5,15,17-20,22H2,1-4H3,(H2,38,45)(H,40,47)(H,41,46). The molecule has 0 saturated carbocycles. The first-order valence-electron chi connectivity index (χ1n) is 16.2. The molecule has 3 rings (SSSR count). The molecule has 2 aromatic carbocycles. The Bertz CT molecular complexity index is 1570. The van der Waals surface area contributed by atoms with Crippen molar-refractivity contribution in [1.29, 1.82) is 0 Å². The van der Waals surface area contributed by atoms with Crippen LogP contribution in [0, 0.1) is 23.7 Å². The number of amides is 3. The average Bonchev–Trinajstić information content (AvgIpc) is 3.04. The third kappa shape index (κ3) is 11.5. The molecule has 1 aromatic heterocycles. The lowest BCUT2D eigenvalue weighted by Gasteiger charge is -2.26. The molecular weight excluding hydrogens is 596 g/mol. The van der Waals surface area contributed by atoms with E-state index in [1.165, 1.54) is 0 Å². The number of Topliss-reactive ketones (excluding diaryl/α,β-unsaturated/α-hetero) is 3. The molecule has 4 unspecified atom stereocenters. The number of primary amides is 1. The number of hydrogen-bond donors (Lipinski definition) is 3. The second-order valence-corrected chi connectivity index (χ2v) is 12.8.